The van der Waals surface area contributed by atoms with E-state index in [9.17, 15) is 0 Å². The van der Waals surface area contributed by atoms with E-state index in [-0.39, 0.29) is 0 Å². The molecule has 0 spiro atoms. The molecule has 1 heterocycles. The Morgan fingerprint density at radius 2 is 1.95 bits per heavy atom. The monoisotopic (exact) mass is 336 g/mol. The van der Waals surface area contributed by atoms with Crippen molar-refractivity contribution in [3.63, 3.8) is 0 Å². The van der Waals surface area contributed by atoms with Crippen molar-refractivity contribution in [3.05, 3.63) is 34.9 Å². The predicted molar refractivity (Wildman–Crippen MR) is 90.7 cm³/mol. The van der Waals surface area contributed by atoms with Gasteiger partial charge in [0.1, 0.15) is 0 Å². The zero-order valence-electron chi connectivity index (χ0n) is 12.0. The lowest BCUT2D eigenvalue weighted by Crippen LogP contribution is -2.13. The number of nitrogen functional groups attached to an aromatic ring is 1. The number of nitrogens with zero attached hydrogens (tertiary/aromatic N) is 4. The van der Waals surface area contributed by atoms with Gasteiger partial charge < -0.3 is 5.84 Å². The summed E-state index contributed by atoms with van der Waals surface area (Å²) in [6.45, 7) is 0. The number of hydrogen-bond donors (Lipinski definition) is 2. The number of hydrazone groups is 1. The van der Waals surface area contributed by atoms with Crippen LogP contribution in [0.2, 0.25) is 5.02 Å². The van der Waals surface area contributed by atoms with Crippen LogP contribution in [0.25, 0.3) is 0 Å². The highest BCUT2D eigenvalue weighted by Crippen LogP contribution is 2.23. The molecule has 1 aliphatic carbocycles. The van der Waals surface area contributed by atoms with E-state index in [2.05, 4.69) is 20.7 Å². The second-order valence-electron chi connectivity index (χ2n) is 5.09. The Bertz CT molecular complexity index is 658. The summed E-state index contributed by atoms with van der Waals surface area (Å²) in [6, 6.07) is 7.71. The van der Waals surface area contributed by atoms with Gasteiger partial charge in [-0.1, -0.05) is 35.5 Å². The summed E-state index contributed by atoms with van der Waals surface area (Å²) in [7, 11) is 0. The molecular formula is C14H17ClN6S. The van der Waals surface area contributed by atoms with E-state index in [1.165, 1.54) is 35.0 Å². The first kappa shape index (κ1) is 15.2. The molecule has 0 amide bonds. The Kier molecular flexibility index (Phi) is 4.84. The third-order valence-electron chi connectivity index (χ3n) is 3.44. The number of hydrogen-bond acceptors (Lipinski definition) is 6. The molecule has 0 unspecified atom stereocenters. The van der Waals surface area contributed by atoms with Crippen LogP contribution in [-0.4, -0.2) is 20.6 Å². The van der Waals surface area contributed by atoms with Crippen molar-refractivity contribution in [2.45, 2.75) is 36.6 Å². The standard InChI is InChI=1S/C14H17ClN6S/c15-11-7-5-10(6-8-11)9-22-14-20-19-13(21(14)16)18-17-12-3-1-2-4-12/h5-8H,1-4,9,16H2,(H,18,19). The van der Waals surface area contributed by atoms with Crippen LogP contribution in [0, 0.1) is 0 Å². The zero-order chi connectivity index (χ0) is 15.4. The van der Waals surface area contributed by atoms with Crippen LogP contribution in [0.3, 0.4) is 0 Å². The first-order valence-electron chi connectivity index (χ1n) is 7.11. The van der Waals surface area contributed by atoms with Crippen LogP contribution in [0.4, 0.5) is 5.95 Å². The maximum absolute atomic E-state index is 5.99. The molecule has 0 aliphatic heterocycles. The second kappa shape index (κ2) is 7.02. The molecule has 3 N–H and O–H groups in total. The van der Waals surface area contributed by atoms with Crippen molar-refractivity contribution in [2.75, 3.05) is 11.3 Å². The van der Waals surface area contributed by atoms with Crippen LogP contribution in [0.5, 0.6) is 0 Å². The van der Waals surface area contributed by atoms with Gasteiger partial charge in [-0.2, -0.15) is 5.10 Å². The van der Waals surface area contributed by atoms with E-state index in [1.54, 1.807) is 0 Å². The van der Waals surface area contributed by atoms with Gasteiger partial charge in [-0.25, -0.2) is 10.1 Å². The number of aromatic nitrogens is 3. The third kappa shape index (κ3) is 3.72. The fraction of sp³-hybridized carbons (Fsp3) is 0.357. The first-order valence-corrected chi connectivity index (χ1v) is 8.48. The summed E-state index contributed by atoms with van der Waals surface area (Å²) in [5.41, 5.74) is 5.22. The predicted octanol–water partition coefficient (Wildman–Crippen LogP) is 3.28. The van der Waals surface area contributed by atoms with E-state index < -0.39 is 0 Å². The molecule has 116 valence electrons. The molecule has 0 saturated heterocycles. The number of nitrogens with one attached hydrogen (secondary N) is 1. The number of benzene rings is 1. The minimum absolute atomic E-state index is 0.456. The molecule has 1 aromatic carbocycles. The van der Waals surface area contributed by atoms with E-state index in [1.807, 2.05) is 24.3 Å². The summed E-state index contributed by atoms with van der Waals surface area (Å²) in [5.74, 6) is 7.20. The number of halogens is 1. The van der Waals surface area contributed by atoms with Gasteiger partial charge in [0.15, 0.2) is 0 Å². The average Bonchev–Trinajstić information content (AvgIpc) is 3.15. The Hall–Kier alpha value is -1.73. The fourth-order valence-corrected chi connectivity index (χ4v) is 3.14. The highest BCUT2D eigenvalue weighted by atomic mass is 35.5. The molecule has 22 heavy (non-hydrogen) atoms. The van der Waals surface area contributed by atoms with Crippen molar-refractivity contribution < 1.29 is 0 Å². The molecule has 8 heteroatoms. The second-order valence-corrected chi connectivity index (χ2v) is 6.47. The lowest BCUT2D eigenvalue weighted by atomic mass is 10.2. The van der Waals surface area contributed by atoms with Gasteiger partial charge in [-0.05, 0) is 43.4 Å². The number of anilines is 1. The highest BCUT2D eigenvalue weighted by molar-refractivity contribution is 7.98. The van der Waals surface area contributed by atoms with Crippen molar-refractivity contribution in [1.82, 2.24) is 14.9 Å². The van der Waals surface area contributed by atoms with Gasteiger partial charge in [-0.3, -0.25) is 0 Å². The molecule has 1 fully saturated rings. The molecule has 0 atom stereocenters. The summed E-state index contributed by atoms with van der Waals surface area (Å²) in [5, 5.41) is 13.8. The van der Waals surface area contributed by atoms with Crippen LogP contribution >= 0.6 is 23.4 Å². The van der Waals surface area contributed by atoms with Crippen molar-refractivity contribution in [3.8, 4) is 0 Å². The molecule has 2 aromatic rings. The van der Waals surface area contributed by atoms with Crippen LogP contribution in [0.1, 0.15) is 31.2 Å². The summed E-state index contributed by atoms with van der Waals surface area (Å²) in [6.07, 6.45) is 4.50. The molecule has 3 rings (SSSR count). The van der Waals surface area contributed by atoms with Gasteiger partial charge in [0.25, 0.3) is 5.95 Å². The van der Waals surface area contributed by atoms with Gasteiger partial charge in [0, 0.05) is 16.5 Å². The molecule has 0 bridgehead atoms. The van der Waals surface area contributed by atoms with Gasteiger partial charge >= 0.3 is 0 Å². The van der Waals surface area contributed by atoms with Gasteiger partial charge in [0.05, 0.1) is 0 Å². The minimum atomic E-state index is 0.456. The Morgan fingerprint density at radius 3 is 2.68 bits per heavy atom. The third-order valence-corrected chi connectivity index (χ3v) is 4.71. The van der Waals surface area contributed by atoms with Crippen molar-refractivity contribution in [1.29, 1.82) is 0 Å². The molecule has 1 aliphatic rings. The smallest absolute Gasteiger partial charge is 0.264 e. The van der Waals surface area contributed by atoms with E-state index in [0.717, 1.165) is 29.2 Å². The quantitative estimate of drug-likeness (QED) is 0.497. The van der Waals surface area contributed by atoms with Crippen LogP contribution in [0.15, 0.2) is 34.5 Å². The number of rotatable bonds is 5. The average molecular weight is 337 g/mol. The number of thioether (sulfide) groups is 1. The SMILES string of the molecule is Nn1c(NN=C2CCCC2)nnc1SCc1ccc(Cl)cc1. The number of nitrogens with two attached hydrogens (primary N) is 1. The highest BCUT2D eigenvalue weighted by Gasteiger charge is 2.12. The molecule has 1 saturated carbocycles. The van der Waals surface area contributed by atoms with Crippen molar-refractivity contribution >= 4 is 35.0 Å². The first-order chi connectivity index (χ1) is 10.7. The topological polar surface area (TPSA) is 81.1 Å². The zero-order valence-corrected chi connectivity index (χ0v) is 13.6. The lowest BCUT2D eigenvalue weighted by Gasteiger charge is -2.04. The molecule has 0 radical (unpaired) electrons. The lowest BCUT2D eigenvalue weighted by molar-refractivity contribution is 0.846. The van der Waals surface area contributed by atoms with E-state index in [0.29, 0.717) is 11.1 Å². The largest absolute Gasteiger partial charge is 0.334 e. The molecular weight excluding hydrogens is 320 g/mol. The van der Waals surface area contributed by atoms with E-state index >= 15 is 0 Å². The summed E-state index contributed by atoms with van der Waals surface area (Å²) >= 11 is 7.39. The van der Waals surface area contributed by atoms with Crippen LogP contribution in [-0.2, 0) is 5.75 Å². The maximum atomic E-state index is 5.99. The fourth-order valence-electron chi connectivity index (χ4n) is 2.20. The van der Waals surface area contributed by atoms with E-state index in [4.69, 9.17) is 17.4 Å². The molecule has 1 aromatic heterocycles. The minimum Gasteiger partial charge on any atom is -0.334 e. The summed E-state index contributed by atoms with van der Waals surface area (Å²) < 4.78 is 1.43. The van der Waals surface area contributed by atoms with Crippen LogP contribution < -0.4 is 11.3 Å². The Balaban J connectivity index is 1.60. The Morgan fingerprint density at radius 1 is 1.23 bits per heavy atom. The molecule has 6 nitrogen and oxygen atoms in total. The Labute approximate surface area is 138 Å². The summed E-state index contributed by atoms with van der Waals surface area (Å²) in [4.78, 5) is 0. The normalized spacial score (nSPS) is 14.3. The van der Waals surface area contributed by atoms with Gasteiger partial charge in [-0.15, -0.1) is 10.2 Å². The van der Waals surface area contributed by atoms with Gasteiger partial charge in [0.2, 0.25) is 5.16 Å². The maximum Gasteiger partial charge on any atom is 0.264 e. The van der Waals surface area contributed by atoms with Crippen molar-refractivity contribution in [2.24, 2.45) is 5.10 Å².